The molecule has 0 saturated heterocycles. The molecule has 4 rings (SSSR count). The predicted molar refractivity (Wildman–Crippen MR) is 119 cm³/mol. The lowest BCUT2D eigenvalue weighted by molar-refractivity contribution is 0.101. The zero-order valence-electron chi connectivity index (χ0n) is 16.9. The minimum absolute atomic E-state index is 0.128. The third kappa shape index (κ3) is 4.11. The topological polar surface area (TPSA) is 49.8 Å². The van der Waals surface area contributed by atoms with E-state index >= 15 is 0 Å². The number of Topliss-reactive ketones (excluding diaryl/α,β-unsaturated/α-hetero) is 1. The molecule has 30 heavy (non-hydrogen) atoms. The Hall–Kier alpha value is -3.08. The molecule has 0 saturated carbocycles. The van der Waals surface area contributed by atoms with Crippen LogP contribution in [0.15, 0.2) is 66.4 Å². The van der Waals surface area contributed by atoms with E-state index in [4.69, 9.17) is 16.3 Å². The molecule has 1 aliphatic heterocycles. The number of hydrogen-bond donors (Lipinski definition) is 1. The monoisotopic (exact) mass is 419 g/mol. The van der Waals surface area contributed by atoms with Crippen molar-refractivity contribution in [2.24, 2.45) is 0 Å². The Morgan fingerprint density at radius 3 is 2.57 bits per heavy atom. The quantitative estimate of drug-likeness (QED) is 0.547. The first-order valence-electron chi connectivity index (χ1n) is 9.70. The zero-order valence-corrected chi connectivity index (χ0v) is 17.6. The van der Waals surface area contributed by atoms with Crippen LogP contribution in [-0.4, -0.2) is 22.8 Å². The number of ketones is 1. The highest BCUT2D eigenvalue weighted by molar-refractivity contribution is 6.30. The van der Waals surface area contributed by atoms with Gasteiger partial charge in [0.2, 0.25) is 5.78 Å². The summed E-state index contributed by atoms with van der Waals surface area (Å²) in [6.45, 7) is 2.96. The van der Waals surface area contributed by atoms with Crippen molar-refractivity contribution in [1.82, 2.24) is 4.90 Å². The standard InChI is InChI=1S/C25H22ClNO3/c1-16-11-21(28)20(15-27(2)14-17-7-4-3-5-8-17)25-23(16)24(29)22(30-25)13-18-9-6-10-19(26)12-18/h3-13,28H,14-15H2,1-2H3/b22-13-. The van der Waals surface area contributed by atoms with E-state index in [1.165, 1.54) is 5.56 Å². The number of aryl methyl sites for hydroxylation is 1. The summed E-state index contributed by atoms with van der Waals surface area (Å²) in [7, 11) is 1.97. The summed E-state index contributed by atoms with van der Waals surface area (Å²) in [6, 6.07) is 19.0. The highest BCUT2D eigenvalue weighted by Gasteiger charge is 2.33. The van der Waals surface area contributed by atoms with E-state index < -0.39 is 0 Å². The number of benzene rings is 3. The van der Waals surface area contributed by atoms with Crippen molar-refractivity contribution < 1.29 is 14.6 Å². The molecule has 1 N–H and O–H groups in total. The van der Waals surface area contributed by atoms with Crippen molar-refractivity contribution in [3.63, 3.8) is 0 Å². The molecule has 5 heteroatoms. The number of carbonyl (C=O) groups excluding carboxylic acids is 1. The van der Waals surface area contributed by atoms with E-state index in [1.807, 2.05) is 37.4 Å². The molecule has 0 unspecified atom stereocenters. The smallest absolute Gasteiger partial charge is 0.232 e. The van der Waals surface area contributed by atoms with Crippen LogP contribution in [0.2, 0.25) is 5.02 Å². The molecule has 0 bridgehead atoms. The third-order valence-electron chi connectivity index (χ3n) is 5.09. The number of aromatic hydroxyl groups is 1. The van der Waals surface area contributed by atoms with Crippen LogP contribution < -0.4 is 4.74 Å². The van der Waals surface area contributed by atoms with Gasteiger partial charge in [-0.05, 0) is 54.9 Å². The van der Waals surface area contributed by atoms with Crippen LogP contribution in [-0.2, 0) is 13.1 Å². The fourth-order valence-electron chi connectivity index (χ4n) is 3.70. The molecule has 0 aromatic heterocycles. The SMILES string of the molecule is Cc1cc(O)c(CN(C)Cc2ccccc2)c2c1C(=O)/C(=C/c1cccc(Cl)c1)O2. The largest absolute Gasteiger partial charge is 0.507 e. The van der Waals surface area contributed by atoms with Crippen LogP contribution >= 0.6 is 11.6 Å². The maximum absolute atomic E-state index is 13.0. The summed E-state index contributed by atoms with van der Waals surface area (Å²) in [6.07, 6.45) is 1.68. The van der Waals surface area contributed by atoms with Crippen LogP contribution in [0.25, 0.3) is 6.08 Å². The molecular weight excluding hydrogens is 398 g/mol. The maximum atomic E-state index is 13.0. The number of ether oxygens (including phenoxy) is 1. The van der Waals surface area contributed by atoms with Gasteiger partial charge in [-0.25, -0.2) is 0 Å². The van der Waals surface area contributed by atoms with E-state index in [-0.39, 0.29) is 17.3 Å². The Kier molecular flexibility index (Phi) is 5.62. The van der Waals surface area contributed by atoms with Crippen molar-refractivity contribution in [2.75, 3.05) is 7.05 Å². The first-order valence-corrected chi connectivity index (χ1v) is 10.1. The summed E-state index contributed by atoms with van der Waals surface area (Å²) < 4.78 is 5.99. The third-order valence-corrected chi connectivity index (χ3v) is 5.33. The minimum atomic E-state index is -0.186. The van der Waals surface area contributed by atoms with Crippen LogP contribution in [0, 0.1) is 6.92 Å². The number of rotatable bonds is 5. The van der Waals surface area contributed by atoms with Crippen molar-refractivity contribution in [3.05, 3.63) is 99.3 Å². The number of carbonyl (C=O) groups is 1. The summed E-state index contributed by atoms with van der Waals surface area (Å²) in [4.78, 5) is 15.1. The molecule has 0 fully saturated rings. The van der Waals surface area contributed by atoms with Crippen molar-refractivity contribution in [3.8, 4) is 11.5 Å². The lowest BCUT2D eigenvalue weighted by Crippen LogP contribution is -2.17. The number of phenols is 1. The molecule has 152 valence electrons. The Bertz CT molecular complexity index is 1140. The van der Waals surface area contributed by atoms with E-state index in [0.717, 1.165) is 5.56 Å². The summed E-state index contributed by atoms with van der Waals surface area (Å²) >= 11 is 6.06. The molecule has 0 spiro atoms. The Labute approximate surface area is 181 Å². The minimum Gasteiger partial charge on any atom is -0.507 e. The molecule has 3 aromatic carbocycles. The van der Waals surface area contributed by atoms with Crippen LogP contribution in [0.5, 0.6) is 11.5 Å². The summed E-state index contributed by atoms with van der Waals surface area (Å²) in [5, 5.41) is 11.2. The van der Waals surface area contributed by atoms with Crippen molar-refractivity contribution in [1.29, 1.82) is 0 Å². The number of allylic oxidation sites excluding steroid dienone is 1. The molecule has 1 heterocycles. The van der Waals surface area contributed by atoms with E-state index in [2.05, 4.69) is 17.0 Å². The maximum Gasteiger partial charge on any atom is 0.232 e. The zero-order chi connectivity index (χ0) is 21.3. The predicted octanol–water partition coefficient (Wildman–Crippen LogP) is 5.60. The molecule has 0 radical (unpaired) electrons. The van der Waals surface area contributed by atoms with Gasteiger partial charge in [-0.3, -0.25) is 9.69 Å². The van der Waals surface area contributed by atoms with Gasteiger partial charge in [-0.1, -0.05) is 54.1 Å². The molecule has 1 aliphatic rings. The average Bonchev–Trinajstić information content (AvgIpc) is 3.02. The van der Waals surface area contributed by atoms with Gasteiger partial charge in [0.1, 0.15) is 11.5 Å². The number of nitrogens with zero attached hydrogens (tertiary/aromatic N) is 1. The summed E-state index contributed by atoms with van der Waals surface area (Å²) in [5.74, 6) is 0.607. The van der Waals surface area contributed by atoms with Gasteiger partial charge in [-0.15, -0.1) is 0 Å². The van der Waals surface area contributed by atoms with Gasteiger partial charge in [0.25, 0.3) is 0 Å². The highest BCUT2D eigenvalue weighted by Crippen LogP contribution is 2.42. The number of hydrogen-bond acceptors (Lipinski definition) is 4. The molecule has 3 aromatic rings. The molecule has 0 atom stereocenters. The Balaban J connectivity index is 1.65. The number of halogens is 1. The highest BCUT2D eigenvalue weighted by atomic mass is 35.5. The number of phenolic OH excluding ortho intramolecular Hbond substituents is 1. The Morgan fingerprint density at radius 1 is 1.07 bits per heavy atom. The lowest BCUT2D eigenvalue weighted by Gasteiger charge is -2.19. The molecule has 0 aliphatic carbocycles. The fourth-order valence-corrected chi connectivity index (χ4v) is 3.90. The second-order valence-corrected chi connectivity index (χ2v) is 7.98. The lowest BCUT2D eigenvalue weighted by atomic mass is 9.99. The number of fused-ring (bicyclic) bond motifs is 1. The van der Waals surface area contributed by atoms with E-state index in [9.17, 15) is 9.90 Å². The molecule has 4 nitrogen and oxygen atoms in total. The van der Waals surface area contributed by atoms with Gasteiger partial charge in [0.15, 0.2) is 5.76 Å². The molecule has 0 amide bonds. The second-order valence-electron chi connectivity index (χ2n) is 7.55. The molecular formula is C25H22ClNO3. The van der Waals surface area contributed by atoms with Crippen LogP contribution in [0.4, 0.5) is 0 Å². The van der Waals surface area contributed by atoms with Crippen molar-refractivity contribution >= 4 is 23.5 Å². The fraction of sp³-hybridized carbons (Fsp3) is 0.160. The van der Waals surface area contributed by atoms with Gasteiger partial charge in [-0.2, -0.15) is 0 Å². The van der Waals surface area contributed by atoms with Crippen molar-refractivity contribution in [2.45, 2.75) is 20.0 Å². The average molecular weight is 420 g/mol. The van der Waals surface area contributed by atoms with Gasteiger partial charge in [0.05, 0.1) is 11.1 Å². The van der Waals surface area contributed by atoms with Crippen LogP contribution in [0.1, 0.15) is 32.6 Å². The van der Waals surface area contributed by atoms with Gasteiger partial charge in [0, 0.05) is 18.1 Å². The summed E-state index contributed by atoms with van der Waals surface area (Å²) in [5.41, 5.74) is 3.75. The Morgan fingerprint density at radius 2 is 1.83 bits per heavy atom. The first-order chi connectivity index (χ1) is 14.4. The normalized spacial score (nSPS) is 14.3. The first kappa shape index (κ1) is 20.2. The van der Waals surface area contributed by atoms with Crippen LogP contribution in [0.3, 0.4) is 0 Å². The van der Waals surface area contributed by atoms with E-state index in [0.29, 0.717) is 40.6 Å². The van der Waals surface area contributed by atoms with E-state index in [1.54, 1.807) is 31.2 Å². The van der Waals surface area contributed by atoms with Gasteiger partial charge < -0.3 is 9.84 Å². The van der Waals surface area contributed by atoms with Gasteiger partial charge >= 0.3 is 0 Å². The second kappa shape index (κ2) is 8.34.